The molecule has 0 fully saturated rings. The van der Waals surface area contributed by atoms with Crippen LogP contribution in [0.4, 0.5) is 0 Å². The van der Waals surface area contributed by atoms with Gasteiger partial charge in [0, 0.05) is 9.61 Å². The summed E-state index contributed by atoms with van der Waals surface area (Å²) in [4.78, 5) is 12.2. The summed E-state index contributed by atoms with van der Waals surface area (Å²) >= 11 is 5.78. The normalized spacial score (nSPS) is 11.1. The third-order valence-corrected chi connectivity index (χ3v) is 5.03. The zero-order chi connectivity index (χ0) is 21.4. The monoisotopic (exact) mass is 568 g/mol. The molecule has 5 nitrogen and oxygen atoms in total. The summed E-state index contributed by atoms with van der Waals surface area (Å²) in [5.41, 5.74) is 1.74. The number of amides is 1. The van der Waals surface area contributed by atoms with Crippen molar-refractivity contribution in [1.29, 1.82) is 5.26 Å². The van der Waals surface area contributed by atoms with Gasteiger partial charge in [0.1, 0.15) is 18.2 Å². The standard InChI is InChI=1S/C22H22BrIN2O3/c1-4-28-20-11-16(9-17(12-25)22(27)26-14(2)3)10-19(23)21(20)29-13-15-5-7-18(24)8-6-15/h5-11,14H,4,13H2,1-3H3,(H,26,27)/b17-9-. The molecule has 1 amide bonds. The lowest BCUT2D eigenvalue weighted by molar-refractivity contribution is -0.117. The van der Waals surface area contributed by atoms with Gasteiger partial charge in [0.15, 0.2) is 11.5 Å². The quantitative estimate of drug-likeness (QED) is 0.261. The fraction of sp³-hybridized carbons (Fsp3) is 0.273. The summed E-state index contributed by atoms with van der Waals surface area (Å²) in [5, 5.41) is 12.1. The second kappa shape index (κ2) is 11.2. The Morgan fingerprint density at radius 1 is 1.28 bits per heavy atom. The minimum Gasteiger partial charge on any atom is -0.490 e. The Morgan fingerprint density at radius 3 is 2.55 bits per heavy atom. The van der Waals surface area contributed by atoms with Crippen molar-refractivity contribution in [2.24, 2.45) is 0 Å². The number of hydrogen-bond donors (Lipinski definition) is 1. The lowest BCUT2D eigenvalue weighted by atomic mass is 10.1. The van der Waals surface area contributed by atoms with E-state index in [1.807, 2.05) is 51.1 Å². The van der Waals surface area contributed by atoms with Gasteiger partial charge in [-0.2, -0.15) is 5.26 Å². The molecular formula is C22H22BrIN2O3. The summed E-state index contributed by atoms with van der Waals surface area (Å²) in [7, 11) is 0. The molecule has 0 unspecified atom stereocenters. The van der Waals surface area contributed by atoms with Gasteiger partial charge in [0.2, 0.25) is 0 Å². The first-order valence-electron chi connectivity index (χ1n) is 9.10. The van der Waals surface area contributed by atoms with Crippen molar-refractivity contribution in [2.45, 2.75) is 33.4 Å². The van der Waals surface area contributed by atoms with Gasteiger partial charge in [-0.05, 0) is 101 Å². The summed E-state index contributed by atoms with van der Waals surface area (Å²) in [6.45, 7) is 6.42. The first kappa shape index (κ1) is 23.2. The molecule has 0 aromatic heterocycles. The number of benzene rings is 2. The van der Waals surface area contributed by atoms with Gasteiger partial charge in [-0.3, -0.25) is 4.79 Å². The number of ether oxygens (including phenoxy) is 2. The maximum Gasteiger partial charge on any atom is 0.262 e. The van der Waals surface area contributed by atoms with E-state index in [2.05, 4.69) is 43.8 Å². The average molecular weight is 569 g/mol. The summed E-state index contributed by atoms with van der Waals surface area (Å²) in [6.07, 6.45) is 1.54. The van der Waals surface area contributed by atoms with Crippen molar-refractivity contribution in [3.05, 3.63) is 61.1 Å². The SMILES string of the molecule is CCOc1cc(/C=C(/C#N)C(=O)NC(C)C)cc(Br)c1OCc1ccc(I)cc1. The van der Waals surface area contributed by atoms with Crippen molar-refractivity contribution in [3.8, 4) is 17.6 Å². The second-order valence-electron chi connectivity index (χ2n) is 6.48. The minimum atomic E-state index is -0.407. The van der Waals surface area contributed by atoms with Crippen LogP contribution in [-0.2, 0) is 11.4 Å². The molecule has 0 saturated heterocycles. The highest BCUT2D eigenvalue weighted by molar-refractivity contribution is 14.1. The van der Waals surface area contributed by atoms with E-state index in [-0.39, 0.29) is 11.6 Å². The number of carbonyl (C=O) groups excluding carboxylic acids is 1. The maximum absolute atomic E-state index is 12.2. The van der Waals surface area contributed by atoms with E-state index in [0.29, 0.717) is 34.7 Å². The van der Waals surface area contributed by atoms with Crippen LogP contribution in [0.25, 0.3) is 6.08 Å². The molecule has 2 aromatic carbocycles. The van der Waals surface area contributed by atoms with E-state index in [9.17, 15) is 10.1 Å². The molecular weight excluding hydrogens is 547 g/mol. The number of nitriles is 1. The summed E-state index contributed by atoms with van der Waals surface area (Å²) < 4.78 is 13.6. The molecule has 0 spiro atoms. The van der Waals surface area contributed by atoms with Crippen LogP contribution in [0.15, 0.2) is 46.4 Å². The number of hydrogen-bond acceptors (Lipinski definition) is 4. The van der Waals surface area contributed by atoms with Crippen LogP contribution in [0.5, 0.6) is 11.5 Å². The van der Waals surface area contributed by atoms with E-state index < -0.39 is 5.91 Å². The lowest BCUT2D eigenvalue weighted by Crippen LogP contribution is -2.30. The van der Waals surface area contributed by atoms with Crippen LogP contribution in [0.1, 0.15) is 31.9 Å². The largest absolute Gasteiger partial charge is 0.490 e. The third-order valence-electron chi connectivity index (χ3n) is 3.72. The number of nitrogens with zero attached hydrogens (tertiary/aromatic N) is 1. The average Bonchev–Trinajstić information content (AvgIpc) is 2.66. The minimum absolute atomic E-state index is 0.0283. The van der Waals surface area contributed by atoms with Crippen LogP contribution in [0.3, 0.4) is 0 Å². The van der Waals surface area contributed by atoms with Gasteiger partial charge >= 0.3 is 0 Å². The highest BCUT2D eigenvalue weighted by Crippen LogP contribution is 2.38. The molecule has 0 saturated carbocycles. The Bertz CT molecular complexity index is 934. The van der Waals surface area contributed by atoms with Crippen molar-refractivity contribution in [3.63, 3.8) is 0 Å². The predicted molar refractivity (Wildman–Crippen MR) is 126 cm³/mol. The molecule has 29 heavy (non-hydrogen) atoms. The van der Waals surface area contributed by atoms with E-state index in [1.54, 1.807) is 12.1 Å². The van der Waals surface area contributed by atoms with E-state index in [0.717, 1.165) is 9.13 Å². The first-order chi connectivity index (χ1) is 13.8. The fourth-order valence-corrected chi connectivity index (χ4v) is 3.40. The Kier molecular flexibility index (Phi) is 8.99. The molecule has 1 N–H and O–H groups in total. The molecule has 0 aliphatic rings. The molecule has 0 atom stereocenters. The molecule has 2 rings (SSSR count). The van der Waals surface area contributed by atoms with Gasteiger partial charge in [0.25, 0.3) is 5.91 Å². The summed E-state index contributed by atoms with van der Waals surface area (Å²) in [6, 6.07) is 13.5. The topological polar surface area (TPSA) is 71.3 Å². The van der Waals surface area contributed by atoms with Crippen molar-refractivity contribution in [1.82, 2.24) is 5.32 Å². The fourth-order valence-electron chi connectivity index (χ4n) is 2.47. The number of nitrogens with one attached hydrogen (secondary N) is 1. The highest BCUT2D eigenvalue weighted by Gasteiger charge is 2.15. The predicted octanol–water partition coefficient (Wildman–Crippen LogP) is 5.46. The molecule has 0 bridgehead atoms. The van der Waals surface area contributed by atoms with Gasteiger partial charge in [0.05, 0.1) is 11.1 Å². The molecule has 0 radical (unpaired) electrons. The zero-order valence-corrected chi connectivity index (χ0v) is 20.2. The highest BCUT2D eigenvalue weighted by atomic mass is 127. The summed E-state index contributed by atoms with van der Waals surface area (Å²) in [5.74, 6) is 0.712. The molecule has 7 heteroatoms. The Labute approximate surface area is 193 Å². The number of halogens is 2. The van der Waals surface area contributed by atoms with Crippen LogP contribution in [0, 0.1) is 14.9 Å². The Balaban J connectivity index is 2.30. The van der Waals surface area contributed by atoms with E-state index >= 15 is 0 Å². The smallest absolute Gasteiger partial charge is 0.262 e. The van der Waals surface area contributed by atoms with Crippen LogP contribution in [-0.4, -0.2) is 18.6 Å². The van der Waals surface area contributed by atoms with Gasteiger partial charge in [-0.1, -0.05) is 12.1 Å². The van der Waals surface area contributed by atoms with Crippen LogP contribution >= 0.6 is 38.5 Å². The molecule has 0 aliphatic heterocycles. The van der Waals surface area contributed by atoms with Crippen molar-refractivity contribution < 1.29 is 14.3 Å². The van der Waals surface area contributed by atoms with Gasteiger partial charge in [-0.25, -0.2) is 0 Å². The van der Waals surface area contributed by atoms with Crippen molar-refractivity contribution >= 4 is 50.5 Å². The lowest BCUT2D eigenvalue weighted by Gasteiger charge is -2.15. The molecule has 152 valence electrons. The maximum atomic E-state index is 12.2. The van der Waals surface area contributed by atoms with E-state index in [4.69, 9.17) is 9.47 Å². The van der Waals surface area contributed by atoms with E-state index in [1.165, 1.54) is 6.08 Å². The number of rotatable bonds is 8. The Hall–Kier alpha value is -2.05. The van der Waals surface area contributed by atoms with Crippen molar-refractivity contribution in [2.75, 3.05) is 6.61 Å². The van der Waals surface area contributed by atoms with Crippen LogP contribution in [0.2, 0.25) is 0 Å². The van der Waals surface area contributed by atoms with Gasteiger partial charge in [-0.15, -0.1) is 0 Å². The van der Waals surface area contributed by atoms with Crippen LogP contribution < -0.4 is 14.8 Å². The Morgan fingerprint density at radius 2 is 1.97 bits per heavy atom. The first-order valence-corrected chi connectivity index (χ1v) is 11.0. The molecule has 0 aliphatic carbocycles. The second-order valence-corrected chi connectivity index (χ2v) is 8.58. The molecule has 0 heterocycles. The number of carbonyl (C=O) groups is 1. The zero-order valence-electron chi connectivity index (χ0n) is 16.5. The van der Waals surface area contributed by atoms with Gasteiger partial charge < -0.3 is 14.8 Å². The molecule has 2 aromatic rings. The third kappa shape index (κ3) is 7.05.